The molecule has 2 aromatic rings. The summed E-state index contributed by atoms with van der Waals surface area (Å²) < 4.78 is 24.8. The first-order chi connectivity index (χ1) is 14.4. The summed E-state index contributed by atoms with van der Waals surface area (Å²) in [6, 6.07) is 10.3. The summed E-state index contributed by atoms with van der Waals surface area (Å²) >= 11 is 0. The van der Waals surface area contributed by atoms with E-state index in [-0.39, 0.29) is 23.9 Å². The first-order valence-electron chi connectivity index (χ1n) is 9.93. The average molecular weight is 408 g/mol. The van der Waals surface area contributed by atoms with Crippen LogP contribution in [0.2, 0.25) is 0 Å². The fraction of sp³-hybridized carbons (Fsp3) is 0.292. The van der Waals surface area contributed by atoms with Crippen LogP contribution in [-0.4, -0.2) is 38.3 Å². The van der Waals surface area contributed by atoms with Crippen LogP contribution in [0.25, 0.3) is 11.1 Å². The molecule has 0 spiro atoms. The van der Waals surface area contributed by atoms with Gasteiger partial charge in [0.1, 0.15) is 17.7 Å². The molecule has 2 heterocycles. The van der Waals surface area contributed by atoms with Gasteiger partial charge in [0, 0.05) is 30.8 Å². The van der Waals surface area contributed by atoms with Crippen molar-refractivity contribution in [3.63, 3.8) is 0 Å². The second kappa shape index (κ2) is 7.95. The molecule has 0 fully saturated rings. The van der Waals surface area contributed by atoms with Gasteiger partial charge in [-0.1, -0.05) is 24.8 Å². The van der Waals surface area contributed by atoms with Crippen molar-refractivity contribution < 1.29 is 18.7 Å². The van der Waals surface area contributed by atoms with E-state index in [2.05, 4.69) is 11.5 Å². The fourth-order valence-electron chi connectivity index (χ4n) is 4.20. The number of anilines is 2. The maximum atomic E-state index is 13.7. The Balaban J connectivity index is 1.84. The lowest BCUT2D eigenvalue weighted by Crippen LogP contribution is -2.50. The third kappa shape index (κ3) is 3.48. The van der Waals surface area contributed by atoms with E-state index in [0.717, 1.165) is 28.2 Å². The van der Waals surface area contributed by atoms with Gasteiger partial charge in [0.15, 0.2) is 0 Å². The van der Waals surface area contributed by atoms with Crippen LogP contribution in [0.1, 0.15) is 13.8 Å². The SMILES string of the molecule is C=C(C1C=CCO1)N1C[C@H](C)N(C(C)=O)c2ccc(-c3ccc(F)cc3OC)cc21. The molecule has 0 N–H and O–H groups in total. The summed E-state index contributed by atoms with van der Waals surface area (Å²) in [6.45, 7) is 9.04. The zero-order valence-corrected chi connectivity index (χ0v) is 17.4. The maximum absolute atomic E-state index is 13.7. The number of halogens is 1. The van der Waals surface area contributed by atoms with Crippen molar-refractivity contribution in [2.75, 3.05) is 30.1 Å². The van der Waals surface area contributed by atoms with Crippen molar-refractivity contribution in [3.05, 3.63) is 66.6 Å². The zero-order chi connectivity index (χ0) is 21.4. The van der Waals surface area contributed by atoms with Crippen LogP contribution < -0.4 is 14.5 Å². The van der Waals surface area contributed by atoms with Crippen LogP contribution in [0.15, 0.2) is 60.8 Å². The highest BCUT2D eigenvalue weighted by Gasteiger charge is 2.34. The van der Waals surface area contributed by atoms with Crippen molar-refractivity contribution >= 4 is 17.3 Å². The lowest BCUT2D eigenvalue weighted by atomic mass is 9.99. The zero-order valence-electron chi connectivity index (χ0n) is 17.4. The van der Waals surface area contributed by atoms with Crippen molar-refractivity contribution in [2.45, 2.75) is 26.0 Å². The Morgan fingerprint density at radius 1 is 1.23 bits per heavy atom. The molecule has 0 radical (unpaired) electrons. The monoisotopic (exact) mass is 408 g/mol. The molecule has 4 rings (SSSR count). The number of benzene rings is 2. The lowest BCUT2D eigenvalue weighted by molar-refractivity contribution is -0.117. The van der Waals surface area contributed by atoms with Crippen molar-refractivity contribution in [1.29, 1.82) is 0 Å². The second-order valence-electron chi connectivity index (χ2n) is 7.57. The smallest absolute Gasteiger partial charge is 0.224 e. The van der Waals surface area contributed by atoms with E-state index in [0.29, 0.717) is 18.9 Å². The first-order valence-corrected chi connectivity index (χ1v) is 9.93. The van der Waals surface area contributed by atoms with Gasteiger partial charge in [-0.3, -0.25) is 4.79 Å². The molecule has 2 atom stereocenters. The van der Waals surface area contributed by atoms with Crippen LogP contribution in [-0.2, 0) is 9.53 Å². The van der Waals surface area contributed by atoms with E-state index < -0.39 is 0 Å². The summed E-state index contributed by atoms with van der Waals surface area (Å²) in [5, 5.41) is 0. The number of ether oxygens (including phenoxy) is 2. The largest absolute Gasteiger partial charge is 0.496 e. The van der Waals surface area contributed by atoms with E-state index in [1.54, 1.807) is 17.9 Å². The number of hydrogen-bond acceptors (Lipinski definition) is 4. The minimum absolute atomic E-state index is 0.0156. The summed E-state index contributed by atoms with van der Waals surface area (Å²) in [7, 11) is 1.52. The number of amides is 1. The summed E-state index contributed by atoms with van der Waals surface area (Å²) in [5.74, 6) is 0.0819. The molecule has 30 heavy (non-hydrogen) atoms. The molecule has 6 heteroatoms. The lowest BCUT2D eigenvalue weighted by Gasteiger charge is -2.43. The molecule has 2 aromatic carbocycles. The Bertz CT molecular complexity index is 1030. The molecule has 2 aliphatic heterocycles. The molecule has 0 aliphatic carbocycles. The van der Waals surface area contributed by atoms with E-state index in [1.807, 2.05) is 37.3 Å². The first kappa shape index (κ1) is 20.2. The Morgan fingerprint density at radius 2 is 2.03 bits per heavy atom. The van der Waals surface area contributed by atoms with Gasteiger partial charge >= 0.3 is 0 Å². The number of rotatable bonds is 4. The molecule has 1 amide bonds. The van der Waals surface area contributed by atoms with Gasteiger partial charge < -0.3 is 19.3 Å². The van der Waals surface area contributed by atoms with E-state index in [1.165, 1.54) is 19.2 Å². The van der Waals surface area contributed by atoms with Crippen LogP contribution >= 0.6 is 0 Å². The summed E-state index contributed by atoms with van der Waals surface area (Å²) in [5.41, 5.74) is 4.14. The van der Waals surface area contributed by atoms with Crippen LogP contribution in [0.3, 0.4) is 0 Å². The third-order valence-corrected chi connectivity index (χ3v) is 5.59. The van der Waals surface area contributed by atoms with Crippen LogP contribution in [0.5, 0.6) is 5.75 Å². The number of hydrogen-bond donors (Lipinski definition) is 0. The quantitative estimate of drug-likeness (QED) is 0.697. The number of carbonyl (C=O) groups is 1. The molecule has 0 bridgehead atoms. The fourth-order valence-corrected chi connectivity index (χ4v) is 4.20. The topological polar surface area (TPSA) is 42.0 Å². The predicted octanol–water partition coefficient (Wildman–Crippen LogP) is 4.53. The molecule has 1 unspecified atom stereocenters. The molecule has 0 aromatic heterocycles. The molecular weight excluding hydrogens is 383 g/mol. The number of nitrogens with zero attached hydrogens (tertiary/aromatic N) is 2. The highest BCUT2D eigenvalue weighted by molar-refractivity contribution is 5.98. The normalized spacial score (nSPS) is 20.3. The van der Waals surface area contributed by atoms with Gasteiger partial charge in [-0.2, -0.15) is 0 Å². The molecule has 5 nitrogen and oxygen atoms in total. The summed E-state index contributed by atoms with van der Waals surface area (Å²) in [4.78, 5) is 16.3. The van der Waals surface area contributed by atoms with E-state index in [4.69, 9.17) is 9.47 Å². The third-order valence-electron chi connectivity index (χ3n) is 5.59. The maximum Gasteiger partial charge on any atom is 0.224 e. The molecular formula is C24H25FN2O3. The van der Waals surface area contributed by atoms with Gasteiger partial charge in [0.2, 0.25) is 5.91 Å². The Kier molecular flexibility index (Phi) is 5.35. The van der Waals surface area contributed by atoms with Crippen molar-refractivity contribution in [2.24, 2.45) is 0 Å². The Labute approximate surface area is 176 Å². The standard InChI is InChI=1S/C24H25FN2O3/c1-15-14-26(16(2)23-6-5-11-30-23)22-12-18(7-10-21(22)27(15)17(3)28)20-9-8-19(25)13-24(20)29-4/h5-10,12-13,15,23H,2,11,14H2,1,3-4H3/t15-,23?/m0/s1. The van der Waals surface area contributed by atoms with E-state index >= 15 is 0 Å². The average Bonchev–Trinajstić information content (AvgIpc) is 3.26. The molecule has 0 saturated carbocycles. The van der Waals surface area contributed by atoms with Crippen LogP contribution in [0.4, 0.5) is 15.8 Å². The number of fused-ring (bicyclic) bond motifs is 1. The Morgan fingerprint density at radius 3 is 2.70 bits per heavy atom. The minimum Gasteiger partial charge on any atom is -0.496 e. The highest BCUT2D eigenvalue weighted by Crippen LogP contribution is 2.42. The minimum atomic E-state index is -0.356. The Hall–Kier alpha value is -3.12. The second-order valence-corrected chi connectivity index (χ2v) is 7.57. The van der Waals surface area contributed by atoms with Gasteiger partial charge in [-0.25, -0.2) is 4.39 Å². The number of carbonyl (C=O) groups excluding carboxylic acids is 1. The molecule has 2 aliphatic rings. The van der Waals surface area contributed by atoms with Crippen molar-refractivity contribution in [1.82, 2.24) is 0 Å². The van der Waals surface area contributed by atoms with Gasteiger partial charge in [-0.05, 0) is 36.8 Å². The highest BCUT2D eigenvalue weighted by atomic mass is 19.1. The molecule has 156 valence electrons. The predicted molar refractivity (Wildman–Crippen MR) is 116 cm³/mol. The van der Waals surface area contributed by atoms with Crippen LogP contribution in [0, 0.1) is 5.82 Å². The number of methoxy groups -OCH3 is 1. The van der Waals surface area contributed by atoms with Crippen molar-refractivity contribution in [3.8, 4) is 16.9 Å². The summed E-state index contributed by atoms with van der Waals surface area (Å²) in [6.07, 6.45) is 3.78. The van der Waals surface area contributed by atoms with Gasteiger partial charge in [-0.15, -0.1) is 0 Å². The van der Waals surface area contributed by atoms with Gasteiger partial charge in [0.25, 0.3) is 0 Å². The molecule has 0 saturated heterocycles. The van der Waals surface area contributed by atoms with E-state index in [9.17, 15) is 9.18 Å². The van der Waals surface area contributed by atoms with Gasteiger partial charge in [0.05, 0.1) is 31.1 Å².